The van der Waals surface area contributed by atoms with Crippen molar-refractivity contribution < 1.29 is 0 Å². The van der Waals surface area contributed by atoms with Crippen LogP contribution >= 0.6 is 0 Å². The van der Waals surface area contributed by atoms with Gasteiger partial charge in [0, 0.05) is 27.9 Å². The van der Waals surface area contributed by atoms with Gasteiger partial charge in [-0.2, -0.15) is 0 Å². The van der Waals surface area contributed by atoms with E-state index in [4.69, 9.17) is 0 Å². The van der Waals surface area contributed by atoms with Crippen LogP contribution in [0, 0.1) is 0 Å². The van der Waals surface area contributed by atoms with Gasteiger partial charge in [0.15, 0.2) is 0 Å². The molecule has 0 N–H and O–H groups in total. The molecule has 0 amide bonds. The Bertz CT molecular complexity index is 2320. The fraction of sp³-hybridized carbons (Fsp3) is 0.333. The molecule has 0 bridgehead atoms. The van der Waals surface area contributed by atoms with E-state index in [9.17, 15) is 0 Å². The maximum Gasteiger partial charge on any atom is 0.0465 e. The number of hydrogen-bond donors (Lipinski definition) is 0. The van der Waals surface area contributed by atoms with Gasteiger partial charge >= 0.3 is 0 Å². The predicted octanol–water partition coefficient (Wildman–Crippen LogP) is 15.3. The average molecular weight is 722 g/mol. The van der Waals surface area contributed by atoms with Crippen molar-refractivity contribution in [3.63, 3.8) is 0 Å². The standard InChI is InChI=1S/C54H59N/c1-50(2,3)35-30-47(51(4,5)6)49(48(31-35)52(7,8)9)34-22-24-36(25-23-34)55(37-26-28-41-39-18-14-16-20-43(39)53(10,11)45(41)32-37)38-27-29-42-40-19-15-17-21-44(40)54(12,13)46(42)33-38/h14-33H,1-13H3. The molecule has 2 aliphatic rings. The quantitative estimate of drug-likeness (QED) is 0.175. The molecule has 0 unspecified atom stereocenters. The number of anilines is 3. The lowest BCUT2D eigenvalue weighted by Crippen LogP contribution is -2.23. The summed E-state index contributed by atoms with van der Waals surface area (Å²) in [6, 6.07) is 46.6. The molecular formula is C54H59N. The molecule has 6 aromatic rings. The van der Waals surface area contributed by atoms with Crippen molar-refractivity contribution in [1.82, 2.24) is 0 Å². The highest BCUT2D eigenvalue weighted by Crippen LogP contribution is 2.53. The third-order valence-electron chi connectivity index (χ3n) is 12.7. The van der Waals surface area contributed by atoms with Crippen LogP contribution in [-0.2, 0) is 27.1 Å². The number of benzene rings is 6. The summed E-state index contributed by atoms with van der Waals surface area (Å²) in [4.78, 5) is 2.49. The molecule has 0 aliphatic heterocycles. The Kier molecular flexibility index (Phi) is 8.30. The Hall–Kier alpha value is -4.88. The predicted molar refractivity (Wildman–Crippen MR) is 238 cm³/mol. The molecule has 1 nitrogen and oxygen atoms in total. The van der Waals surface area contributed by atoms with Gasteiger partial charge in [-0.25, -0.2) is 0 Å². The first-order valence-corrected chi connectivity index (χ1v) is 20.3. The summed E-state index contributed by atoms with van der Waals surface area (Å²) in [7, 11) is 0. The smallest absolute Gasteiger partial charge is 0.0465 e. The molecule has 0 saturated heterocycles. The van der Waals surface area contributed by atoms with Crippen molar-refractivity contribution in [2.75, 3.05) is 4.90 Å². The number of hydrogen-bond acceptors (Lipinski definition) is 1. The minimum absolute atomic E-state index is 0.0229. The average Bonchev–Trinajstić information content (AvgIpc) is 3.49. The monoisotopic (exact) mass is 721 g/mol. The maximum absolute atomic E-state index is 2.49. The van der Waals surface area contributed by atoms with Gasteiger partial charge in [0.2, 0.25) is 0 Å². The van der Waals surface area contributed by atoms with Crippen LogP contribution in [0.3, 0.4) is 0 Å². The molecule has 8 rings (SSSR count). The zero-order chi connectivity index (χ0) is 39.5. The van der Waals surface area contributed by atoms with Gasteiger partial charge in [-0.1, -0.05) is 175 Å². The minimum atomic E-state index is -0.0923. The maximum atomic E-state index is 2.49. The van der Waals surface area contributed by atoms with Crippen molar-refractivity contribution in [3.8, 4) is 33.4 Å². The van der Waals surface area contributed by atoms with Crippen molar-refractivity contribution in [2.45, 2.75) is 117 Å². The van der Waals surface area contributed by atoms with Crippen LogP contribution in [0.4, 0.5) is 17.1 Å². The van der Waals surface area contributed by atoms with Gasteiger partial charge in [0.1, 0.15) is 0 Å². The fourth-order valence-electron chi connectivity index (χ4n) is 9.46. The highest BCUT2D eigenvalue weighted by atomic mass is 15.1. The van der Waals surface area contributed by atoms with Gasteiger partial charge in [-0.3, -0.25) is 0 Å². The summed E-state index contributed by atoms with van der Waals surface area (Å²) in [6.07, 6.45) is 0. The Morgan fingerprint density at radius 2 is 0.764 bits per heavy atom. The molecule has 0 fully saturated rings. The summed E-state index contributed by atoms with van der Waals surface area (Å²) in [5, 5.41) is 0. The van der Waals surface area contributed by atoms with Crippen LogP contribution in [-0.4, -0.2) is 0 Å². The zero-order valence-corrected chi connectivity index (χ0v) is 35.5. The van der Waals surface area contributed by atoms with E-state index < -0.39 is 0 Å². The second-order valence-corrected chi connectivity index (χ2v) is 20.4. The van der Waals surface area contributed by atoms with Crippen molar-refractivity contribution in [1.29, 1.82) is 0 Å². The lowest BCUT2D eigenvalue weighted by atomic mass is 9.71. The van der Waals surface area contributed by atoms with Crippen LogP contribution in [0.1, 0.15) is 129 Å². The van der Waals surface area contributed by atoms with E-state index in [1.807, 2.05) is 0 Å². The summed E-state index contributed by atoms with van der Waals surface area (Å²) < 4.78 is 0. The fourth-order valence-corrected chi connectivity index (χ4v) is 9.46. The Morgan fingerprint density at radius 1 is 0.382 bits per heavy atom. The molecular weight excluding hydrogens is 663 g/mol. The second-order valence-electron chi connectivity index (χ2n) is 20.4. The van der Waals surface area contributed by atoms with Gasteiger partial charge < -0.3 is 4.90 Å². The van der Waals surface area contributed by atoms with Gasteiger partial charge in [0.25, 0.3) is 0 Å². The van der Waals surface area contributed by atoms with E-state index in [1.54, 1.807) is 0 Å². The summed E-state index contributed by atoms with van der Waals surface area (Å²) in [6.45, 7) is 30.7. The van der Waals surface area contributed by atoms with E-state index >= 15 is 0 Å². The number of rotatable bonds is 4. The van der Waals surface area contributed by atoms with Crippen LogP contribution in [0.15, 0.2) is 121 Å². The minimum Gasteiger partial charge on any atom is -0.310 e. The first kappa shape index (κ1) is 37.1. The lowest BCUT2D eigenvalue weighted by molar-refractivity contribution is 0.550. The highest BCUT2D eigenvalue weighted by Gasteiger charge is 2.38. The first-order chi connectivity index (χ1) is 25.7. The van der Waals surface area contributed by atoms with Gasteiger partial charge in [0.05, 0.1) is 0 Å². The molecule has 0 saturated carbocycles. The van der Waals surface area contributed by atoms with E-state index in [0.29, 0.717) is 0 Å². The lowest BCUT2D eigenvalue weighted by Gasteiger charge is -2.34. The summed E-state index contributed by atoms with van der Waals surface area (Å²) in [5.41, 5.74) is 21.2. The largest absolute Gasteiger partial charge is 0.310 e. The molecule has 1 heteroatoms. The topological polar surface area (TPSA) is 3.24 Å². The Balaban J connectivity index is 1.32. The van der Waals surface area contributed by atoms with Crippen LogP contribution < -0.4 is 4.90 Å². The molecule has 6 aromatic carbocycles. The van der Waals surface area contributed by atoms with Crippen LogP contribution in [0.2, 0.25) is 0 Å². The number of fused-ring (bicyclic) bond motifs is 6. The van der Waals surface area contributed by atoms with Crippen molar-refractivity contribution in [2.24, 2.45) is 0 Å². The van der Waals surface area contributed by atoms with E-state index in [0.717, 1.165) is 5.69 Å². The summed E-state index contributed by atoms with van der Waals surface area (Å²) >= 11 is 0. The first-order valence-electron chi connectivity index (χ1n) is 20.3. The zero-order valence-electron chi connectivity index (χ0n) is 35.5. The van der Waals surface area contributed by atoms with Crippen molar-refractivity contribution >= 4 is 17.1 Å². The molecule has 0 radical (unpaired) electrons. The van der Waals surface area contributed by atoms with E-state index in [1.165, 1.54) is 83.7 Å². The molecule has 0 spiro atoms. The molecule has 0 heterocycles. The molecule has 2 aliphatic carbocycles. The Labute approximate surface area is 331 Å². The molecule has 280 valence electrons. The SMILES string of the molecule is CC(C)(C)c1cc(C(C)(C)C)c(-c2ccc(N(c3ccc4c(c3)C(C)(C)c3ccccc3-4)c3ccc4c(c3)C(C)(C)c3ccccc3-4)cc2)c(C(C)(C)C)c1. The summed E-state index contributed by atoms with van der Waals surface area (Å²) in [5.74, 6) is 0. The van der Waals surface area contributed by atoms with Crippen LogP contribution in [0.25, 0.3) is 33.4 Å². The Morgan fingerprint density at radius 3 is 1.16 bits per heavy atom. The third-order valence-corrected chi connectivity index (χ3v) is 12.7. The second kappa shape index (κ2) is 12.3. The van der Waals surface area contributed by atoms with Gasteiger partial charge in [-0.05, 0) is 125 Å². The van der Waals surface area contributed by atoms with Crippen molar-refractivity contribution in [3.05, 3.63) is 160 Å². The van der Waals surface area contributed by atoms with Crippen LogP contribution in [0.5, 0.6) is 0 Å². The highest BCUT2D eigenvalue weighted by molar-refractivity contribution is 5.89. The van der Waals surface area contributed by atoms with E-state index in [2.05, 4.69) is 216 Å². The molecule has 0 atom stereocenters. The van der Waals surface area contributed by atoms with Gasteiger partial charge in [-0.15, -0.1) is 0 Å². The molecule has 55 heavy (non-hydrogen) atoms. The third kappa shape index (κ3) is 5.97. The van der Waals surface area contributed by atoms with E-state index in [-0.39, 0.29) is 27.1 Å². The molecule has 0 aromatic heterocycles. The normalized spacial score (nSPS) is 15.3. The number of nitrogens with zero attached hydrogens (tertiary/aromatic N) is 1.